The summed E-state index contributed by atoms with van der Waals surface area (Å²) >= 11 is 5.58. The number of methoxy groups -OCH3 is 1. The van der Waals surface area contributed by atoms with Gasteiger partial charge in [-0.1, -0.05) is 0 Å². The molecule has 19 heavy (non-hydrogen) atoms. The molecule has 7 nitrogen and oxygen atoms in total. The van der Waals surface area contributed by atoms with E-state index >= 15 is 0 Å². The molecule has 2 rings (SSSR count). The van der Waals surface area contributed by atoms with Crippen molar-refractivity contribution < 1.29 is 14.3 Å². The zero-order valence-corrected chi connectivity index (χ0v) is 11.4. The number of halogens is 1. The van der Waals surface area contributed by atoms with Gasteiger partial charge in [-0.25, -0.2) is 4.98 Å². The minimum atomic E-state index is -0.0930. The number of H-pyrrole nitrogens is 1. The van der Waals surface area contributed by atoms with E-state index in [-0.39, 0.29) is 23.3 Å². The summed E-state index contributed by atoms with van der Waals surface area (Å²) in [5, 5.41) is 9.43. The van der Waals surface area contributed by atoms with Gasteiger partial charge in [0.25, 0.3) is 0 Å². The molecule has 1 amide bonds. The Labute approximate surface area is 116 Å². The van der Waals surface area contributed by atoms with Gasteiger partial charge in [0.2, 0.25) is 11.2 Å². The summed E-state index contributed by atoms with van der Waals surface area (Å²) in [5.41, 5.74) is 0. The third kappa shape index (κ3) is 4.15. The fourth-order valence-corrected chi connectivity index (χ4v) is 2.17. The van der Waals surface area contributed by atoms with E-state index in [1.165, 1.54) is 0 Å². The van der Waals surface area contributed by atoms with Gasteiger partial charge in [-0.15, -0.1) is 5.10 Å². The van der Waals surface area contributed by atoms with Crippen molar-refractivity contribution in [3.63, 3.8) is 0 Å². The number of aromatic nitrogens is 3. The molecule has 1 aromatic rings. The number of aromatic amines is 1. The minimum absolute atomic E-state index is 0.0115. The van der Waals surface area contributed by atoms with Gasteiger partial charge >= 0.3 is 0 Å². The molecule has 0 radical (unpaired) electrons. The molecule has 0 bridgehead atoms. The van der Waals surface area contributed by atoms with Crippen LogP contribution in [0.15, 0.2) is 0 Å². The Hall–Kier alpha value is -1.18. The molecule has 8 heteroatoms. The molecule has 1 aliphatic rings. The number of hydrogen-bond donors (Lipinski definition) is 2. The first-order valence-electron chi connectivity index (χ1n) is 6.15. The summed E-state index contributed by atoms with van der Waals surface area (Å²) in [6.45, 7) is 1.15. The lowest BCUT2D eigenvalue weighted by molar-refractivity contribution is -0.125. The maximum absolute atomic E-state index is 11.8. The monoisotopic (exact) mass is 288 g/mol. The fourth-order valence-electron chi connectivity index (χ4n) is 2.03. The van der Waals surface area contributed by atoms with Crippen molar-refractivity contribution in [2.45, 2.75) is 31.4 Å². The first-order chi connectivity index (χ1) is 9.19. The maximum Gasteiger partial charge on any atom is 0.242 e. The van der Waals surface area contributed by atoms with Crippen LogP contribution in [-0.2, 0) is 20.7 Å². The van der Waals surface area contributed by atoms with Gasteiger partial charge in [0.15, 0.2) is 0 Å². The molecule has 1 aliphatic heterocycles. The van der Waals surface area contributed by atoms with Gasteiger partial charge in [-0.2, -0.15) is 0 Å². The Morgan fingerprint density at radius 1 is 1.68 bits per heavy atom. The molecule has 1 aromatic heterocycles. The smallest absolute Gasteiger partial charge is 0.242 e. The summed E-state index contributed by atoms with van der Waals surface area (Å²) in [6, 6.07) is -0.0930. The molecule has 1 saturated heterocycles. The summed E-state index contributed by atoms with van der Waals surface area (Å²) in [4.78, 5) is 15.8. The van der Waals surface area contributed by atoms with Crippen LogP contribution in [0.2, 0.25) is 5.28 Å². The molecule has 0 saturated carbocycles. The van der Waals surface area contributed by atoms with Crippen LogP contribution < -0.4 is 5.32 Å². The molecular weight excluding hydrogens is 272 g/mol. The Bertz CT molecular complexity index is 426. The van der Waals surface area contributed by atoms with E-state index in [0.717, 1.165) is 6.42 Å². The van der Waals surface area contributed by atoms with Crippen molar-refractivity contribution in [2.75, 3.05) is 20.3 Å². The third-order valence-electron chi connectivity index (χ3n) is 3.04. The second kappa shape index (κ2) is 6.83. The lowest BCUT2D eigenvalue weighted by atomic mass is 10.1. The van der Waals surface area contributed by atoms with Gasteiger partial charge in [0.05, 0.1) is 18.8 Å². The van der Waals surface area contributed by atoms with Crippen LogP contribution in [-0.4, -0.2) is 53.6 Å². The van der Waals surface area contributed by atoms with Crippen LogP contribution in [0.1, 0.15) is 18.7 Å². The number of carbonyl (C=O) groups excluding carboxylic acids is 1. The number of nitrogens with one attached hydrogen (secondary N) is 2. The summed E-state index contributed by atoms with van der Waals surface area (Å²) in [5.74, 6) is 0.536. The molecule has 106 valence electrons. The van der Waals surface area contributed by atoms with Crippen molar-refractivity contribution in [1.29, 1.82) is 0 Å². The number of ether oxygens (including phenoxy) is 2. The van der Waals surface area contributed by atoms with Gasteiger partial charge in [-0.05, 0) is 18.0 Å². The molecule has 0 spiro atoms. The molecule has 0 aliphatic carbocycles. The normalized spacial score (nSPS) is 23.3. The topological polar surface area (TPSA) is 89.1 Å². The average molecular weight is 289 g/mol. The van der Waals surface area contributed by atoms with Crippen LogP contribution in [0.25, 0.3) is 0 Å². The third-order valence-corrected chi connectivity index (χ3v) is 3.20. The zero-order chi connectivity index (χ0) is 13.7. The number of hydrogen-bond acceptors (Lipinski definition) is 5. The van der Waals surface area contributed by atoms with E-state index in [0.29, 0.717) is 31.9 Å². The minimum Gasteiger partial charge on any atom is -0.379 e. The SMILES string of the molecule is CO[C@@H]1CCOC[C@H]1NC(=O)CCc1nc(Cl)n[nH]1. The van der Waals surface area contributed by atoms with Gasteiger partial charge in [-0.3, -0.25) is 9.89 Å². The largest absolute Gasteiger partial charge is 0.379 e. The van der Waals surface area contributed by atoms with E-state index in [1.807, 2.05) is 0 Å². The second-order valence-electron chi connectivity index (χ2n) is 4.36. The van der Waals surface area contributed by atoms with Crippen LogP contribution in [0, 0.1) is 0 Å². The van der Waals surface area contributed by atoms with Crippen LogP contribution >= 0.6 is 11.6 Å². The highest BCUT2D eigenvalue weighted by molar-refractivity contribution is 6.28. The molecule has 1 fully saturated rings. The number of aryl methyl sites for hydroxylation is 1. The molecule has 2 N–H and O–H groups in total. The molecular formula is C11H17ClN4O3. The quantitative estimate of drug-likeness (QED) is 0.814. The van der Waals surface area contributed by atoms with E-state index < -0.39 is 0 Å². The Balaban J connectivity index is 1.77. The predicted molar refractivity (Wildman–Crippen MR) is 67.9 cm³/mol. The van der Waals surface area contributed by atoms with Crippen molar-refractivity contribution in [3.05, 3.63) is 11.1 Å². The standard InChI is InChI=1S/C11H17ClN4O3/c1-18-8-4-5-19-6-7(8)13-10(17)3-2-9-14-11(12)16-15-9/h7-8H,2-6H2,1H3,(H,13,17)(H,14,15,16)/t7-,8-/m1/s1. The highest BCUT2D eigenvalue weighted by Gasteiger charge is 2.26. The van der Waals surface area contributed by atoms with E-state index in [9.17, 15) is 4.79 Å². The van der Waals surface area contributed by atoms with Crippen molar-refractivity contribution in [2.24, 2.45) is 0 Å². The summed E-state index contributed by atoms with van der Waals surface area (Å²) < 4.78 is 10.7. The number of carbonyl (C=O) groups is 1. The van der Waals surface area contributed by atoms with Crippen LogP contribution in [0.3, 0.4) is 0 Å². The first kappa shape index (κ1) is 14.2. The van der Waals surface area contributed by atoms with Crippen LogP contribution in [0.4, 0.5) is 0 Å². The zero-order valence-electron chi connectivity index (χ0n) is 10.7. The van der Waals surface area contributed by atoms with E-state index in [4.69, 9.17) is 21.1 Å². The van der Waals surface area contributed by atoms with Gasteiger partial charge in [0, 0.05) is 26.6 Å². The molecule has 2 atom stereocenters. The number of nitrogens with zero attached hydrogens (tertiary/aromatic N) is 2. The number of amides is 1. The predicted octanol–water partition coefficient (Wildman–Crippen LogP) is 0.311. The van der Waals surface area contributed by atoms with Crippen LogP contribution in [0.5, 0.6) is 0 Å². The lowest BCUT2D eigenvalue weighted by Gasteiger charge is -2.30. The Kier molecular flexibility index (Phi) is 5.12. The average Bonchev–Trinajstić information content (AvgIpc) is 2.83. The number of rotatable bonds is 5. The highest BCUT2D eigenvalue weighted by Crippen LogP contribution is 2.11. The Morgan fingerprint density at radius 2 is 2.53 bits per heavy atom. The van der Waals surface area contributed by atoms with Crippen molar-refractivity contribution in [1.82, 2.24) is 20.5 Å². The van der Waals surface area contributed by atoms with E-state index in [1.54, 1.807) is 7.11 Å². The highest BCUT2D eigenvalue weighted by atomic mass is 35.5. The van der Waals surface area contributed by atoms with Crippen molar-refractivity contribution in [3.8, 4) is 0 Å². The fraction of sp³-hybridized carbons (Fsp3) is 0.727. The molecule has 0 unspecified atom stereocenters. The van der Waals surface area contributed by atoms with Crippen molar-refractivity contribution >= 4 is 17.5 Å². The summed E-state index contributed by atoms with van der Waals surface area (Å²) in [6.07, 6.45) is 1.59. The molecule has 2 heterocycles. The second-order valence-corrected chi connectivity index (χ2v) is 4.70. The van der Waals surface area contributed by atoms with E-state index in [2.05, 4.69) is 20.5 Å². The molecule has 0 aromatic carbocycles. The Morgan fingerprint density at radius 3 is 3.21 bits per heavy atom. The summed E-state index contributed by atoms with van der Waals surface area (Å²) in [7, 11) is 1.64. The first-order valence-corrected chi connectivity index (χ1v) is 6.53. The van der Waals surface area contributed by atoms with Gasteiger partial charge in [0.1, 0.15) is 5.82 Å². The van der Waals surface area contributed by atoms with Gasteiger partial charge < -0.3 is 14.8 Å². The lowest BCUT2D eigenvalue weighted by Crippen LogP contribution is -2.50. The maximum atomic E-state index is 11.8.